The first kappa shape index (κ1) is 19.9. The lowest BCUT2D eigenvalue weighted by atomic mass is 9.99. The summed E-state index contributed by atoms with van der Waals surface area (Å²) in [6.07, 6.45) is 2.46. The summed E-state index contributed by atoms with van der Waals surface area (Å²) in [4.78, 5) is 28.2. The normalized spacial score (nSPS) is 14.6. The van der Waals surface area contributed by atoms with E-state index in [1.165, 1.54) is 6.92 Å². The molecular weight excluding hydrogens is 352 g/mol. The number of rotatable bonds is 6. The number of ether oxygens (including phenoxy) is 1. The van der Waals surface area contributed by atoms with Crippen molar-refractivity contribution >= 4 is 17.5 Å². The summed E-state index contributed by atoms with van der Waals surface area (Å²) in [6, 6.07) is 16.9. The van der Waals surface area contributed by atoms with Gasteiger partial charge < -0.3 is 14.5 Å². The van der Waals surface area contributed by atoms with Crippen LogP contribution in [0.3, 0.4) is 0 Å². The van der Waals surface area contributed by atoms with Gasteiger partial charge in [0.25, 0.3) is 0 Å². The van der Waals surface area contributed by atoms with Crippen molar-refractivity contribution < 1.29 is 14.3 Å². The van der Waals surface area contributed by atoms with Crippen LogP contribution >= 0.6 is 0 Å². The van der Waals surface area contributed by atoms with Gasteiger partial charge in [0.2, 0.25) is 11.8 Å². The molecule has 0 atom stereocenters. The molecule has 2 aromatic carbocycles. The van der Waals surface area contributed by atoms with Crippen molar-refractivity contribution in [2.45, 2.75) is 33.1 Å². The summed E-state index contributed by atoms with van der Waals surface area (Å²) in [5, 5.41) is 0. The number of piperidine rings is 1. The molecule has 0 aromatic heterocycles. The zero-order valence-corrected chi connectivity index (χ0v) is 16.6. The molecule has 0 saturated carbocycles. The maximum atomic E-state index is 12.5. The molecule has 2 amide bonds. The van der Waals surface area contributed by atoms with Crippen molar-refractivity contribution in [2.75, 3.05) is 24.5 Å². The van der Waals surface area contributed by atoms with Gasteiger partial charge in [0.1, 0.15) is 11.5 Å². The van der Waals surface area contributed by atoms with E-state index in [1.807, 2.05) is 59.5 Å². The number of carbonyl (C=O) groups excluding carboxylic acids is 2. The molecule has 1 aliphatic rings. The SMILES string of the molecule is CC(=O)N(CCC(=O)N1CCC(C)CC1)c1ccc(Oc2ccccc2)cc1. The zero-order valence-electron chi connectivity index (χ0n) is 16.6. The molecule has 0 spiro atoms. The topological polar surface area (TPSA) is 49.9 Å². The molecule has 1 aliphatic heterocycles. The van der Waals surface area contributed by atoms with E-state index in [1.54, 1.807) is 4.90 Å². The van der Waals surface area contributed by atoms with Crippen LogP contribution in [-0.2, 0) is 9.59 Å². The van der Waals surface area contributed by atoms with Crippen LogP contribution in [0.5, 0.6) is 11.5 Å². The Labute approximate surface area is 166 Å². The number of hydrogen-bond donors (Lipinski definition) is 0. The Morgan fingerprint density at radius 3 is 2.21 bits per heavy atom. The van der Waals surface area contributed by atoms with Gasteiger partial charge in [0.05, 0.1) is 0 Å². The number of anilines is 1. The highest BCUT2D eigenvalue weighted by Gasteiger charge is 2.21. The van der Waals surface area contributed by atoms with Crippen LogP contribution in [0.25, 0.3) is 0 Å². The van der Waals surface area contributed by atoms with E-state index in [4.69, 9.17) is 4.74 Å². The molecule has 28 heavy (non-hydrogen) atoms. The lowest BCUT2D eigenvalue weighted by Gasteiger charge is -2.31. The summed E-state index contributed by atoms with van der Waals surface area (Å²) in [6.45, 7) is 5.79. The van der Waals surface area contributed by atoms with Crippen LogP contribution in [0.1, 0.15) is 33.1 Å². The highest BCUT2D eigenvalue weighted by Crippen LogP contribution is 2.25. The molecule has 1 saturated heterocycles. The van der Waals surface area contributed by atoms with Crippen LogP contribution < -0.4 is 9.64 Å². The van der Waals surface area contributed by atoms with E-state index >= 15 is 0 Å². The van der Waals surface area contributed by atoms with E-state index in [9.17, 15) is 9.59 Å². The first-order valence-corrected chi connectivity index (χ1v) is 9.92. The summed E-state index contributed by atoms with van der Waals surface area (Å²) in [5.41, 5.74) is 0.771. The van der Waals surface area contributed by atoms with E-state index in [2.05, 4.69) is 6.92 Å². The molecule has 0 bridgehead atoms. The Morgan fingerprint density at radius 2 is 1.61 bits per heavy atom. The van der Waals surface area contributed by atoms with Gasteiger partial charge in [-0.25, -0.2) is 0 Å². The monoisotopic (exact) mass is 380 g/mol. The van der Waals surface area contributed by atoms with Gasteiger partial charge in [-0.2, -0.15) is 0 Å². The number of carbonyl (C=O) groups is 2. The average molecular weight is 380 g/mol. The highest BCUT2D eigenvalue weighted by molar-refractivity contribution is 5.92. The molecule has 0 aliphatic carbocycles. The lowest BCUT2D eigenvalue weighted by molar-refractivity contribution is -0.132. The molecule has 148 valence electrons. The third-order valence-electron chi connectivity index (χ3n) is 5.19. The first-order valence-electron chi connectivity index (χ1n) is 9.92. The predicted octanol–water partition coefficient (Wildman–Crippen LogP) is 4.48. The third-order valence-corrected chi connectivity index (χ3v) is 5.19. The minimum Gasteiger partial charge on any atom is -0.457 e. The Kier molecular flexibility index (Phi) is 6.69. The smallest absolute Gasteiger partial charge is 0.224 e. The quantitative estimate of drug-likeness (QED) is 0.742. The molecule has 1 fully saturated rings. The van der Waals surface area contributed by atoms with Gasteiger partial charge in [0, 0.05) is 38.7 Å². The number of amides is 2. The van der Waals surface area contributed by atoms with Gasteiger partial charge in [0.15, 0.2) is 0 Å². The zero-order chi connectivity index (χ0) is 19.9. The molecule has 1 heterocycles. The van der Waals surface area contributed by atoms with Crippen molar-refractivity contribution in [3.63, 3.8) is 0 Å². The second kappa shape index (κ2) is 9.40. The fourth-order valence-corrected chi connectivity index (χ4v) is 3.41. The van der Waals surface area contributed by atoms with Crippen LogP contribution in [0.2, 0.25) is 0 Å². The number of hydrogen-bond acceptors (Lipinski definition) is 3. The number of para-hydroxylation sites is 1. The molecule has 0 N–H and O–H groups in total. The van der Waals surface area contributed by atoms with E-state index < -0.39 is 0 Å². The number of likely N-dealkylation sites (tertiary alicyclic amines) is 1. The second-order valence-electron chi connectivity index (χ2n) is 7.39. The maximum absolute atomic E-state index is 12.5. The maximum Gasteiger partial charge on any atom is 0.224 e. The second-order valence-corrected chi connectivity index (χ2v) is 7.39. The van der Waals surface area contributed by atoms with E-state index in [-0.39, 0.29) is 11.8 Å². The van der Waals surface area contributed by atoms with Gasteiger partial charge in [-0.05, 0) is 55.2 Å². The predicted molar refractivity (Wildman–Crippen MR) is 111 cm³/mol. The molecule has 0 radical (unpaired) electrons. The van der Waals surface area contributed by atoms with Crippen LogP contribution in [-0.4, -0.2) is 36.3 Å². The lowest BCUT2D eigenvalue weighted by Crippen LogP contribution is -2.40. The summed E-state index contributed by atoms with van der Waals surface area (Å²) in [5.74, 6) is 2.21. The fraction of sp³-hybridized carbons (Fsp3) is 0.391. The van der Waals surface area contributed by atoms with Crippen molar-refractivity contribution in [1.82, 2.24) is 4.90 Å². The highest BCUT2D eigenvalue weighted by atomic mass is 16.5. The van der Waals surface area contributed by atoms with Gasteiger partial charge in [-0.3, -0.25) is 9.59 Å². The van der Waals surface area contributed by atoms with Crippen molar-refractivity contribution in [2.24, 2.45) is 5.92 Å². The fourth-order valence-electron chi connectivity index (χ4n) is 3.41. The molecule has 0 unspecified atom stereocenters. The summed E-state index contributed by atoms with van der Waals surface area (Å²) in [7, 11) is 0. The van der Waals surface area contributed by atoms with Crippen LogP contribution in [0.4, 0.5) is 5.69 Å². The van der Waals surface area contributed by atoms with E-state index in [0.29, 0.717) is 24.6 Å². The van der Waals surface area contributed by atoms with Crippen LogP contribution in [0.15, 0.2) is 54.6 Å². The average Bonchev–Trinajstić information content (AvgIpc) is 2.70. The summed E-state index contributed by atoms with van der Waals surface area (Å²) >= 11 is 0. The molecule has 2 aromatic rings. The summed E-state index contributed by atoms with van der Waals surface area (Å²) < 4.78 is 5.80. The van der Waals surface area contributed by atoms with E-state index in [0.717, 1.165) is 37.4 Å². The molecule has 3 rings (SSSR count). The van der Waals surface area contributed by atoms with Gasteiger partial charge in [-0.1, -0.05) is 25.1 Å². The Morgan fingerprint density at radius 1 is 1.00 bits per heavy atom. The standard InChI is InChI=1S/C23H28N2O3/c1-18-12-15-24(16-13-18)23(27)14-17-25(19(2)26)20-8-10-22(11-9-20)28-21-6-4-3-5-7-21/h3-11,18H,12-17H2,1-2H3. The largest absolute Gasteiger partial charge is 0.457 e. The van der Waals surface area contributed by atoms with Gasteiger partial charge in [-0.15, -0.1) is 0 Å². The number of nitrogens with zero attached hydrogens (tertiary/aromatic N) is 2. The molecule has 5 nitrogen and oxygen atoms in total. The number of benzene rings is 2. The van der Waals surface area contributed by atoms with Crippen molar-refractivity contribution in [3.05, 3.63) is 54.6 Å². The minimum absolute atomic E-state index is 0.0724. The van der Waals surface area contributed by atoms with Crippen molar-refractivity contribution in [1.29, 1.82) is 0 Å². The Hall–Kier alpha value is -2.82. The van der Waals surface area contributed by atoms with Gasteiger partial charge >= 0.3 is 0 Å². The molecule has 5 heteroatoms. The Bertz CT molecular complexity index is 781. The Balaban J connectivity index is 1.59. The first-order chi connectivity index (χ1) is 13.5. The van der Waals surface area contributed by atoms with Crippen LogP contribution in [0, 0.1) is 5.92 Å². The van der Waals surface area contributed by atoms with Crippen molar-refractivity contribution in [3.8, 4) is 11.5 Å². The molecular formula is C23H28N2O3. The minimum atomic E-state index is -0.0724. The third kappa shape index (κ3) is 5.35.